The standard InChI is InChI=1S/C19H27FN4O5/c1-8-27-14-11(21)9-10-13(12(14)20)24(17(26)29-19(5,6)7)23-15(10)22-16(25)28-18(2,3)4/h9H,8,21H2,1-7H3,(H,22,23,25). The molecular weight excluding hydrogens is 383 g/mol. The van der Waals surface area contributed by atoms with Crippen LogP contribution in [0.25, 0.3) is 10.9 Å². The maximum Gasteiger partial charge on any atom is 0.435 e. The minimum absolute atomic E-state index is 0.00664. The maximum atomic E-state index is 15.2. The molecule has 0 unspecified atom stereocenters. The van der Waals surface area contributed by atoms with E-state index >= 15 is 4.39 Å². The zero-order valence-corrected chi connectivity index (χ0v) is 17.7. The number of nitrogens with two attached hydrogens (primary N) is 1. The number of halogens is 1. The first-order valence-corrected chi connectivity index (χ1v) is 9.10. The van der Waals surface area contributed by atoms with Crippen molar-refractivity contribution in [3.63, 3.8) is 0 Å². The van der Waals surface area contributed by atoms with Crippen molar-refractivity contribution < 1.29 is 28.2 Å². The topological polar surface area (TPSA) is 118 Å². The van der Waals surface area contributed by atoms with Crippen LogP contribution in [-0.2, 0) is 9.47 Å². The van der Waals surface area contributed by atoms with Gasteiger partial charge in [-0.3, -0.25) is 5.32 Å². The first-order chi connectivity index (χ1) is 13.2. The number of hydrogen-bond donors (Lipinski definition) is 2. The molecule has 0 radical (unpaired) electrons. The molecule has 1 heterocycles. The minimum Gasteiger partial charge on any atom is -0.489 e. The summed E-state index contributed by atoms with van der Waals surface area (Å²) in [5.41, 5.74) is 4.05. The Morgan fingerprint density at radius 2 is 1.76 bits per heavy atom. The van der Waals surface area contributed by atoms with E-state index in [1.807, 2.05) is 0 Å². The Morgan fingerprint density at radius 3 is 2.28 bits per heavy atom. The molecule has 0 atom stereocenters. The van der Waals surface area contributed by atoms with Gasteiger partial charge in [0.05, 0.1) is 17.7 Å². The predicted molar refractivity (Wildman–Crippen MR) is 107 cm³/mol. The highest BCUT2D eigenvalue weighted by Crippen LogP contribution is 2.36. The molecule has 9 nitrogen and oxygen atoms in total. The molecule has 29 heavy (non-hydrogen) atoms. The number of nitrogen functional groups attached to an aromatic ring is 1. The van der Waals surface area contributed by atoms with Crippen LogP contribution in [0, 0.1) is 5.82 Å². The molecule has 0 aliphatic rings. The molecule has 0 bridgehead atoms. The van der Waals surface area contributed by atoms with E-state index in [0.717, 1.165) is 4.68 Å². The molecule has 2 rings (SSSR count). The molecule has 2 aromatic rings. The summed E-state index contributed by atoms with van der Waals surface area (Å²) < 4.78 is 31.7. The van der Waals surface area contributed by atoms with Gasteiger partial charge in [-0.1, -0.05) is 0 Å². The van der Waals surface area contributed by atoms with Crippen molar-refractivity contribution >= 4 is 34.6 Å². The summed E-state index contributed by atoms with van der Waals surface area (Å²) in [6, 6.07) is 1.37. The third kappa shape index (κ3) is 5.27. The lowest BCUT2D eigenvalue weighted by atomic mass is 10.2. The number of benzene rings is 1. The third-order valence-corrected chi connectivity index (χ3v) is 3.37. The molecule has 1 amide bonds. The van der Waals surface area contributed by atoms with E-state index in [1.165, 1.54) is 6.07 Å². The molecule has 1 aromatic carbocycles. The lowest BCUT2D eigenvalue weighted by Crippen LogP contribution is -2.29. The van der Waals surface area contributed by atoms with Gasteiger partial charge in [0.15, 0.2) is 17.4 Å². The number of carbonyl (C=O) groups excluding carboxylic acids is 2. The number of anilines is 2. The maximum absolute atomic E-state index is 15.2. The van der Waals surface area contributed by atoms with Crippen LogP contribution in [0.5, 0.6) is 5.75 Å². The molecule has 0 fully saturated rings. The number of hydrogen-bond acceptors (Lipinski definition) is 7. The second kappa shape index (κ2) is 7.76. The van der Waals surface area contributed by atoms with E-state index in [9.17, 15) is 9.59 Å². The van der Waals surface area contributed by atoms with Gasteiger partial charge in [-0.15, -0.1) is 5.10 Å². The van der Waals surface area contributed by atoms with Crippen LogP contribution in [0.1, 0.15) is 48.5 Å². The Balaban J connectivity index is 2.63. The molecule has 0 saturated heterocycles. The summed E-state index contributed by atoms with van der Waals surface area (Å²) in [5.74, 6) is -1.21. The SMILES string of the molecule is CCOc1c(N)cc2c(NC(=O)OC(C)(C)C)nn(C(=O)OC(C)(C)C)c2c1F. The predicted octanol–water partition coefficient (Wildman–Crippen LogP) is 4.29. The van der Waals surface area contributed by atoms with Crippen molar-refractivity contribution in [1.82, 2.24) is 9.78 Å². The van der Waals surface area contributed by atoms with Gasteiger partial charge in [0, 0.05) is 0 Å². The summed E-state index contributed by atoms with van der Waals surface area (Å²) in [6.07, 6.45) is -1.74. The number of aromatic nitrogens is 2. The van der Waals surface area contributed by atoms with Crippen molar-refractivity contribution in [2.45, 2.75) is 59.7 Å². The number of amides is 1. The van der Waals surface area contributed by atoms with Crippen LogP contribution in [0.3, 0.4) is 0 Å². The van der Waals surface area contributed by atoms with Gasteiger partial charge < -0.3 is 19.9 Å². The summed E-state index contributed by atoms with van der Waals surface area (Å²) in [7, 11) is 0. The fourth-order valence-electron chi connectivity index (χ4n) is 2.45. The van der Waals surface area contributed by atoms with E-state index in [-0.39, 0.29) is 34.8 Å². The minimum atomic E-state index is -0.925. The van der Waals surface area contributed by atoms with E-state index in [2.05, 4.69) is 10.4 Å². The highest BCUT2D eigenvalue weighted by molar-refractivity contribution is 6.03. The Morgan fingerprint density at radius 1 is 1.17 bits per heavy atom. The van der Waals surface area contributed by atoms with E-state index in [4.69, 9.17) is 19.9 Å². The van der Waals surface area contributed by atoms with Crippen molar-refractivity contribution in [1.29, 1.82) is 0 Å². The van der Waals surface area contributed by atoms with Crippen LogP contribution in [-0.4, -0.2) is 39.8 Å². The normalized spacial score (nSPS) is 12.0. The lowest BCUT2D eigenvalue weighted by Gasteiger charge is -2.19. The monoisotopic (exact) mass is 410 g/mol. The van der Waals surface area contributed by atoms with Crippen LogP contribution >= 0.6 is 0 Å². The number of carbonyl (C=O) groups is 2. The quantitative estimate of drug-likeness (QED) is 0.725. The number of nitrogens with one attached hydrogen (secondary N) is 1. The Kier molecular flexibility index (Phi) is 5.96. The summed E-state index contributed by atoms with van der Waals surface area (Å²) in [5, 5.41) is 6.54. The average Bonchev–Trinajstić information content (AvgIpc) is 2.86. The summed E-state index contributed by atoms with van der Waals surface area (Å²) in [4.78, 5) is 24.8. The van der Waals surface area contributed by atoms with Crippen molar-refractivity contribution in [2.24, 2.45) is 0 Å². The molecule has 0 spiro atoms. The van der Waals surface area contributed by atoms with Gasteiger partial charge in [-0.2, -0.15) is 4.68 Å². The van der Waals surface area contributed by atoms with Gasteiger partial charge in [0.1, 0.15) is 16.7 Å². The first kappa shape index (κ1) is 22.3. The third-order valence-electron chi connectivity index (χ3n) is 3.37. The molecule has 160 valence electrons. The zero-order valence-electron chi connectivity index (χ0n) is 17.7. The van der Waals surface area contributed by atoms with Crippen LogP contribution in [0.4, 0.5) is 25.5 Å². The van der Waals surface area contributed by atoms with Crippen molar-refractivity contribution in [3.05, 3.63) is 11.9 Å². The fourth-order valence-corrected chi connectivity index (χ4v) is 2.45. The highest BCUT2D eigenvalue weighted by Gasteiger charge is 2.28. The number of fused-ring (bicyclic) bond motifs is 1. The molecule has 0 saturated carbocycles. The Hall–Kier alpha value is -3.04. The van der Waals surface area contributed by atoms with E-state index in [1.54, 1.807) is 48.5 Å². The van der Waals surface area contributed by atoms with Crippen LogP contribution < -0.4 is 15.8 Å². The van der Waals surface area contributed by atoms with Gasteiger partial charge in [0.2, 0.25) is 0 Å². The van der Waals surface area contributed by atoms with Gasteiger partial charge in [0.25, 0.3) is 0 Å². The molecule has 1 aromatic heterocycles. The molecule has 0 aliphatic carbocycles. The van der Waals surface area contributed by atoms with Gasteiger partial charge in [-0.05, 0) is 54.5 Å². The van der Waals surface area contributed by atoms with Crippen molar-refractivity contribution in [3.8, 4) is 5.75 Å². The van der Waals surface area contributed by atoms with E-state index in [0.29, 0.717) is 0 Å². The van der Waals surface area contributed by atoms with Crippen LogP contribution in [0.2, 0.25) is 0 Å². The number of rotatable bonds is 3. The van der Waals surface area contributed by atoms with Gasteiger partial charge in [-0.25, -0.2) is 14.0 Å². The second-order valence-corrected chi connectivity index (χ2v) is 8.31. The summed E-state index contributed by atoms with van der Waals surface area (Å²) >= 11 is 0. The lowest BCUT2D eigenvalue weighted by molar-refractivity contribution is 0.0519. The smallest absolute Gasteiger partial charge is 0.435 e. The first-order valence-electron chi connectivity index (χ1n) is 9.10. The zero-order chi connectivity index (χ0) is 22.1. The Bertz CT molecular complexity index is 941. The molecular formula is C19H27FN4O5. The average molecular weight is 410 g/mol. The van der Waals surface area contributed by atoms with E-state index < -0.39 is 29.2 Å². The Labute approximate surface area is 168 Å². The van der Waals surface area contributed by atoms with Crippen LogP contribution in [0.15, 0.2) is 6.07 Å². The largest absolute Gasteiger partial charge is 0.489 e. The number of nitrogens with zero attached hydrogens (tertiary/aromatic N) is 2. The second-order valence-electron chi connectivity index (χ2n) is 8.31. The molecule has 3 N–H and O–H groups in total. The highest BCUT2D eigenvalue weighted by atomic mass is 19.1. The number of ether oxygens (including phenoxy) is 3. The molecule has 10 heteroatoms. The van der Waals surface area contributed by atoms with Gasteiger partial charge >= 0.3 is 12.2 Å². The van der Waals surface area contributed by atoms with Crippen molar-refractivity contribution in [2.75, 3.05) is 17.7 Å². The summed E-state index contributed by atoms with van der Waals surface area (Å²) in [6.45, 7) is 11.9. The molecule has 0 aliphatic heterocycles. The fraction of sp³-hybridized carbons (Fsp3) is 0.526.